The van der Waals surface area contributed by atoms with Gasteiger partial charge in [-0.05, 0) is 62.1 Å². The monoisotopic (exact) mass is 471 g/mol. The van der Waals surface area contributed by atoms with Gasteiger partial charge in [-0.1, -0.05) is 18.2 Å². The topological polar surface area (TPSA) is 112 Å². The van der Waals surface area contributed by atoms with Crippen molar-refractivity contribution in [2.75, 3.05) is 5.32 Å². The van der Waals surface area contributed by atoms with Gasteiger partial charge in [-0.2, -0.15) is 5.10 Å². The number of pyridine rings is 1. The van der Waals surface area contributed by atoms with E-state index in [1.54, 1.807) is 42.5 Å². The van der Waals surface area contributed by atoms with Crippen LogP contribution in [0.25, 0.3) is 5.69 Å². The molecular formula is C26H22FN5O3. The van der Waals surface area contributed by atoms with Crippen molar-refractivity contribution in [1.29, 1.82) is 0 Å². The highest BCUT2D eigenvalue weighted by molar-refractivity contribution is 6.04. The number of primary amides is 1. The molecule has 5 rings (SSSR count). The number of ether oxygens (including phenoxy) is 1. The molecule has 2 aromatic heterocycles. The number of fused-ring (bicyclic) bond motifs is 1. The summed E-state index contributed by atoms with van der Waals surface area (Å²) in [7, 11) is 0. The molecule has 4 aromatic rings. The van der Waals surface area contributed by atoms with Crippen LogP contribution in [0.4, 0.5) is 10.1 Å². The number of carbonyl (C=O) groups excluding carboxylic acids is 2. The fraction of sp³-hybridized carbons (Fsp3) is 0.154. The second kappa shape index (κ2) is 9.02. The van der Waals surface area contributed by atoms with Crippen molar-refractivity contribution in [1.82, 2.24) is 14.8 Å². The number of hydrogen-bond donors (Lipinski definition) is 2. The number of halogens is 1. The van der Waals surface area contributed by atoms with Gasteiger partial charge in [0.1, 0.15) is 17.3 Å². The van der Waals surface area contributed by atoms with Crippen molar-refractivity contribution in [3.05, 3.63) is 94.7 Å². The number of carbonyl (C=O) groups is 2. The molecule has 0 saturated carbocycles. The number of amides is 2. The number of benzene rings is 2. The maximum Gasteiger partial charge on any atom is 0.276 e. The molecule has 2 amide bonds. The molecule has 0 bridgehead atoms. The van der Waals surface area contributed by atoms with Gasteiger partial charge in [0.2, 0.25) is 5.88 Å². The van der Waals surface area contributed by atoms with Gasteiger partial charge in [0.25, 0.3) is 11.8 Å². The summed E-state index contributed by atoms with van der Waals surface area (Å²) in [6.45, 7) is 1.82. The molecule has 0 radical (unpaired) electrons. The fourth-order valence-corrected chi connectivity index (χ4v) is 4.18. The van der Waals surface area contributed by atoms with E-state index in [2.05, 4.69) is 15.4 Å². The average Bonchev–Trinajstić information content (AvgIpc) is 3.44. The molecule has 0 unspecified atom stereocenters. The van der Waals surface area contributed by atoms with E-state index in [1.165, 1.54) is 16.9 Å². The number of nitrogens with one attached hydrogen (secondary N) is 1. The van der Waals surface area contributed by atoms with Crippen molar-refractivity contribution in [2.24, 2.45) is 5.73 Å². The summed E-state index contributed by atoms with van der Waals surface area (Å²) < 4.78 is 21.8. The molecule has 8 nitrogen and oxygen atoms in total. The van der Waals surface area contributed by atoms with E-state index in [0.29, 0.717) is 17.8 Å². The summed E-state index contributed by atoms with van der Waals surface area (Å²) in [5.41, 5.74) is 9.15. The second-order valence-electron chi connectivity index (χ2n) is 8.30. The Kier molecular flexibility index (Phi) is 5.74. The maximum absolute atomic E-state index is 14.6. The summed E-state index contributed by atoms with van der Waals surface area (Å²) in [5, 5.41) is 7.26. The minimum absolute atomic E-state index is 0.233. The Labute approximate surface area is 200 Å². The van der Waals surface area contributed by atoms with E-state index in [1.807, 2.05) is 13.0 Å². The number of aromatic nitrogens is 3. The predicted molar refractivity (Wildman–Crippen MR) is 128 cm³/mol. The van der Waals surface area contributed by atoms with Gasteiger partial charge in [0.05, 0.1) is 17.4 Å². The van der Waals surface area contributed by atoms with Crippen LogP contribution in [0, 0.1) is 12.7 Å². The summed E-state index contributed by atoms with van der Waals surface area (Å²) in [6, 6.07) is 14.7. The first-order valence-corrected chi connectivity index (χ1v) is 11.1. The Morgan fingerprint density at radius 1 is 1.11 bits per heavy atom. The molecule has 176 valence electrons. The van der Waals surface area contributed by atoms with Crippen LogP contribution >= 0.6 is 0 Å². The highest BCUT2D eigenvalue weighted by Crippen LogP contribution is 2.30. The zero-order chi connectivity index (χ0) is 24.5. The number of nitrogens with zero attached hydrogens (tertiary/aromatic N) is 3. The molecule has 0 fully saturated rings. The second-order valence-corrected chi connectivity index (χ2v) is 8.30. The van der Waals surface area contributed by atoms with Crippen molar-refractivity contribution < 1.29 is 18.7 Å². The number of aryl methyl sites for hydroxylation is 1. The molecule has 3 N–H and O–H groups in total. The number of hydrogen-bond acceptors (Lipinski definition) is 5. The number of rotatable bonds is 6. The third-order valence-corrected chi connectivity index (χ3v) is 5.84. The normalized spacial score (nSPS) is 12.3. The van der Waals surface area contributed by atoms with Crippen molar-refractivity contribution >= 4 is 17.5 Å². The van der Waals surface area contributed by atoms with Crippen molar-refractivity contribution in [3.8, 4) is 17.3 Å². The van der Waals surface area contributed by atoms with Gasteiger partial charge in [-0.3, -0.25) is 9.59 Å². The Balaban J connectivity index is 1.36. The van der Waals surface area contributed by atoms with E-state index in [0.717, 1.165) is 29.7 Å². The molecule has 0 atom stereocenters. The van der Waals surface area contributed by atoms with Gasteiger partial charge < -0.3 is 15.8 Å². The third-order valence-electron chi connectivity index (χ3n) is 5.84. The molecule has 2 heterocycles. The zero-order valence-corrected chi connectivity index (χ0v) is 18.9. The van der Waals surface area contributed by atoms with Crippen LogP contribution in [0.3, 0.4) is 0 Å². The first-order valence-electron chi connectivity index (χ1n) is 11.1. The van der Waals surface area contributed by atoms with E-state index >= 15 is 0 Å². The van der Waals surface area contributed by atoms with Gasteiger partial charge in [0.15, 0.2) is 5.69 Å². The molecule has 2 aromatic carbocycles. The highest BCUT2D eigenvalue weighted by atomic mass is 19.1. The quantitative estimate of drug-likeness (QED) is 0.434. The third kappa shape index (κ3) is 4.35. The molecule has 1 aliphatic carbocycles. The summed E-state index contributed by atoms with van der Waals surface area (Å²) in [4.78, 5) is 28.8. The van der Waals surface area contributed by atoms with Crippen LogP contribution in [0.15, 0.2) is 60.8 Å². The molecule has 0 aliphatic heterocycles. The van der Waals surface area contributed by atoms with Crippen molar-refractivity contribution in [3.63, 3.8) is 0 Å². The molecule has 0 spiro atoms. The number of nitrogens with two attached hydrogens (primary N) is 1. The van der Waals surface area contributed by atoms with E-state index in [-0.39, 0.29) is 28.7 Å². The Hall–Kier alpha value is -4.53. The molecule has 9 heteroatoms. The molecule has 0 saturated heterocycles. The average molecular weight is 471 g/mol. The van der Waals surface area contributed by atoms with Crippen LogP contribution < -0.4 is 15.8 Å². The standard InChI is InChI=1S/C26H22FN5O3/c1-15-9-11-21(19(27)13-15)32-20-7-4-6-17(20)24(31-32)26(34)30-16-10-12-23(29-14-16)35-22-8-3-2-5-18(22)25(28)33/h2-3,5,8-14H,4,6-7H2,1H3,(H2,28,33)(H,30,34). The largest absolute Gasteiger partial charge is 0.438 e. The predicted octanol–water partition coefficient (Wildman–Crippen LogP) is 4.35. The smallest absolute Gasteiger partial charge is 0.276 e. The fourth-order valence-electron chi connectivity index (χ4n) is 4.18. The Bertz CT molecular complexity index is 1450. The first-order chi connectivity index (χ1) is 16.9. The molecular weight excluding hydrogens is 449 g/mol. The lowest BCUT2D eigenvalue weighted by Gasteiger charge is -2.09. The lowest BCUT2D eigenvalue weighted by atomic mass is 10.2. The van der Waals surface area contributed by atoms with E-state index in [4.69, 9.17) is 10.5 Å². The van der Waals surface area contributed by atoms with Crippen LogP contribution in [0.5, 0.6) is 11.6 Å². The maximum atomic E-state index is 14.6. The van der Waals surface area contributed by atoms with Crippen LogP contribution in [-0.2, 0) is 12.8 Å². The van der Waals surface area contributed by atoms with Crippen molar-refractivity contribution in [2.45, 2.75) is 26.2 Å². The van der Waals surface area contributed by atoms with Gasteiger partial charge in [0, 0.05) is 17.3 Å². The van der Waals surface area contributed by atoms with E-state index in [9.17, 15) is 14.0 Å². The first kappa shape index (κ1) is 22.3. The summed E-state index contributed by atoms with van der Waals surface area (Å²) in [6.07, 6.45) is 3.75. The van der Waals surface area contributed by atoms with Gasteiger partial charge in [-0.15, -0.1) is 0 Å². The molecule has 35 heavy (non-hydrogen) atoms. The highest BCUT2D eigenvalue weighted by Gasteiger charge is 2.28. The van der Waals surface area contributed by atoms with Crippen LogP contribution in [-0.4, -0.2) is 26.6 Å². The summed E-state index contributed by atoms with van der Waals surface area (Å²) in [5.74, 6) is -0.872. The van der Waals surface area contributed by atoms with Crippen LogP contribution in [0.1, 0.15) is 44.1 Å². The SMILES string of the molecule is Cc1ccc(-n2nc(C(=O)Nc3ccc(Oc4ccccc4C(N)=O)nc3)c3c2CCC3)c(F)c1. The van der Waals surface area contributed by atoms with E-state index < -0.39 is 11.8 Å². The lowest BCUT2D eigenvalue weighted by Crippen LogP contribution is -2.15. The lowest BCUT2D eigenvalue weighted by molar-refractivity contribution is 0.0994. The number of para-hydroxylation sites is 1. The number of anilines is 1. The minimum atomic E-state index is -0.609. The van der Waals surface area contributed by atoms with Crippen LogP contribution in [0.2, 0.25) is 0 Å². The molecule has 1 aliphatic rings. The Morgan fingerprint density at radius 3 is 2.69 bits per heavy atom. The van der Waals surface area contributed by atoms with Gasteiger partial charge in [-0.25, -0.2) is 14.1 Å². The minimum Gasteiger partial charge on any atom is -0.438 e. The summed E-state index contributed by atoms with van der Waals surface area (Å²) >= 11 is 0. The Morgan fingerprint density at radius 2 is 1.94 bits per heavy atom. The van der Waals surface area contributed by atoms with Gasteiger partial charge >= 0.3 is 0 Å². The zero-order valence-electron chi connectivity index (χ0n) is 18.9.